The van der Waals surface area contributed by atoms with Gasteiger partial charge >= 0.3 is 0 Å². The summed E-state index contributed by atoms with van der Waals surface area (Å²) in [5, 5.41) is 8.49. The van der Waals surface area contributed by atoms with Crippen molar-refractivity contribution in [2.75, 3.05) is 10.0 Å². The molecule has 0 aliphatic rings. The van der Waals surface area contributed by atoms with Crippen molar-refractivity contribution in [3.63, 3.8) is 0 Å². The molecule has 0 atom stereocenters. The summed E-state index contributed by atoms with van der Waals surface area (Å²) >= 11 is 0. The van der Waals surface area contributed by atoms with Gasteiger partial charge in [-0.3, -0.25) is 14.6 Å². The number of rotatable bonds is 8. The van der Waals surface area contributed by atoms with Gasteiger partial charge in [0.2, 0.25) is 0 Å². The molecule has 32 heavy (non-hydrogen) atoms. The lowest BCUT2D eigenvalue weighted by atomic mass is 10.2. The van der Waals surface area contributed by atoms with Crippen molar-refractivity contribution in [3.8, 4) is 5.75 Å². The lowest BCUT2D eigenvalue weighted by molar-refractivity contribution is 0.102. The highest BCUT2D eigenvalue weighted by Crippen LogP contribution is 2.21. The lowest BCUT2D eigenvalue weighted by Crippen LogP contribution is -2.19. The second-order valence-corrected chi connectivity index (χ2v) is 8.46. The van der Waals surface area contributed by atoms with Gasteiger partial charge in [0.25, 0.3) is 15.9 Å². The third kappa shape index (κ3) is 5.13. The average molecular weight is 449 g/mol. The van der Waals surface area contributed by atoms with Crippen molar-refractivity contribution >= 4 is 27.3 Å². The first-order valence-electron chi connectivity index (χ1n) is 9.71. The molecule has 0 aliphatic carbocycles. The number of anilines is 2. The molecule has 4 aromatic rings. The van der Waals surface area contributed by atoms with Gasteiger partial charge in [-0.15, -0.1) is 0 Å². The molecular weight excluding hydrogens is 428 g/mol. The Balaban J connectivity index is 1.42. The van der Waals surface area contributed by atoms with Crippen LogP contribution >= 0.6 is 0 Å². The molecule has 1 amide bonds. The number of carbonyl (C=O) groups is 1. The summed E-state index contributed by atoms with van der Waals surface area (Å²) in [6.07, 6.45) is 1.17. The maximum absolute atomic E-state index is 12.7. The standard InChI is InChI=1S/C23H20N4O4S/c28-22(21-15-24-26-23(21)32(29,30)27-19-9-5-2-6-10-19)25-18-11-13-20(14-12-18)31-16-17-7-3-1-4-8-17/h1-15,27H,16H2,(H,24,26)(H,25,28). The molecule has 3 aromatic carbocycles. The van der Waals surface area contributed by atoms with Gasteiger partial charge < -0.3 is 10.1 Å². The van der Waals surface area contributed by atoms with Gasteiger partial charge in [0.1, 0.15) is 12.4 Å². The van der Waals surface area contributed by atoms with Crippen molar-refractivity contribution in [1.29, 1.82) is 0 Å². The number of hydrogen-bond acceptors (Lipinski definition) is 5. The van der Waals surface area contributed by atoms with Crippen LogP contribution in [-0.2, 0) is 16.6 Å². The number of nitrogens with one attached hydrogen (secondary N) is 3. The van der Waals surface area contributed by atoms with Crippen LogP contribution in [0.3, 0.4) is 0 Å². The minimum Gasteiger partial charge on any atom is -0.489 e. The summed E-state index contributed by atoms with van der Waals surface area (Å²) in [6.45, 7) is 0.428. The molecule has 1 aromatic heterocycles. The van der Waals surface area contributed by atoms with E-state index in [9.17, 15) is 13.2 Å². The predicted octanol–water partition coefficient (Wildman–Crippen LogP) is 4.04. The van der Waals surface area contributed by atoms with Gasteiger partial charge in [-0.05, 0) is 42.0 Å². The lowest BCUT2D eigenvalue weighted by Gasteiger charge is -2.10. The Labute approximate surface area is 185 Å². The third-order valence-corrected chi connectivity index (χ3v) is 5.86. The molecule has 1 heterocycles. The minimum absolute atomic E-state index is 0.0992. The van der Waals surface area contributed by atoms with E-state index in [1.807, 2.05) is 30.3 Å². The van der Waals surface area contributed by atoms with E-state index in [0.29, 0.717) is 23.7 Å². The first kappa shape index (κ1) is 21.1. The SMILES string of the molecule is O=C(Nc1ccc(OCc2ccccc2)cc1)c1cn[nH]c1S(=O)(=O)Nc1ccccc1. The zero-order valence-electron chi connectivity index (χ0n) is 16.9. The normalized spacial score (nSPS) is 11.0. The molecule has 162 valence electrons. The Morgan fingerprint density at radius 2 is 1.53 bits per heavy atom. The molecule has 0 fully saturated rings. The van der Waals surface area contributed by atoms with Crippen molar-refractivity contribution in [2.45, 2.75) is 11.6 Å². The summed E-state index contributed by atoms with van der Waals surface area (Å²) in [6, 6.07) is 24.9. The van der Waals surface area contributed by atoms with Crippen LogP contribution in [0.25, 0.3) is 0 Å². The number of para-hydroxylation sites is 1. The molecule has 4 rings (SSSR count). The molecule has 8 nitrogen and oxygen atoms in total. The Hall–Kier alpha value is -4.11. The first-order valence-corrected chi connectivity index (χ1v) is 11.2. The zero-order valence-corrected chi connectivity index (χ0v) is 17.7. The van der Waals surface area contributed by atoms with Gasteiger partial charge in [0, 0.05) is 11.4 Å². The van der Waals surface area contributed by atoms with Gasteiger partial charge in [0.05, 0.1) is 11.8 Å². The molecule has 9 heteroatoms. The molecule has 0 radical (unpaired) electrons. The maximum Gasteiger partial charge on any atom is 0.279 e. The fraction of sp³-hybridized carbons (Fsp3) is 0.0435. The van der Waals surface area contributed by atoms with E-state index >= 15 is 0 Å². The van der Waals surface area contributed by atoms with E-state index in [-0.39, 0.29) is 10.6 Å². The minimum atomic E-state index is -4.03. The van der Waals surface area contributed by atoms with E-state index < -0.39 is 15.9 Å². The van der Waals surface area contributed by atoms with Gasteiger partial charge in [-0.2, -0.15) is 13.5 Å². The number of aromatic amines is 1. The Kier molecular flexibility index (Phi) is 6.18. The Morgan fingerprint density at radius 1 is 0.875 bits per heavy atom. The number of amides is 1. The smallest absolute Gasteiger partial charge is 0.279 e. The molecule has 0 saturated heterocycles. The van der Waals surface area contributed by atoms with Crippen LogP contribution < -0.4 is 14.8 Å². The van der Waals surface area contributed by atoms with Crippen molar-refractivity contribution in [1.82, 2.24) is 10.2 Å². The summed E-state index contributed by atoms with van der Waals surface area (Å²) in [5.41, 5.74) is 1.81. The molecule has 3 N–H and O–H groups in total. The fourth-order valence-corrected chi connectivity index (χ4v) is 4.08. The highest BCUT2D eigenvalue weighted by molar-refractivity contribution is 7.92. The molecular formula is C23H20N4O4S. The number of nitrogens with zero attached hydrogens (tertiary/aromatic N) is 1. The number of ether oxygens (including phenoxy) is 1. The largest absolute Gasteiger partial charge is 0.489 e. The number of sulfonamides is 1. The van der Waals surface area contributed by atoms with Gasteiger partial charge in [-0.25, -0.2) is 0 Å². The van der Waals surface area contributed by atoms with Crippen LogP contribution in [-0.4, -0.2) is 24.5 Å². The fourth-order valence-electron chi connectivity index (χ4n) is 2.93. The molecule has 0 saturated carbocycles. The van der Waals surface area contributed by atoms with Gasteiger partial charge in [0.15, 0.2) is 5.03 Å². The van der Waals surface area contributed by atoms with Gasteiger partial charge in [-0.1, -0.05) is 48.5 Å². The topological polar surface area (TPSA) is 113 Å². The van der Waals surface area contributed by atoms with E-state index in [1.165, 1.54) is 6.20 Å². The van der Waals surface area contributed by atoms with E-state index in [1.54, 1.807) is 54.6 Å². The number of carbonyl (C=O) groups excluding carboxylic acids is 1. The Bertz CT molecular complexity index is 1290. The third-order valence-electron chi connectivity index (χ3n) is 4.50. The maximum atomic E-state index is 12.7. The number of benzene rings is 3. The van der Waals surface area contributed by atoms with Crippen LogP contribution in [0.5, 0.6) is 5.75 Å². The van der Waals surface area contributed by atoms with Crippen molar-refractivity contribution < 1.29 is 17.9 Å². The number of aromatic nitrogens is 2. The van der Waals surface area contributed by atoms with Crippen LogP contribution in [0, 0.1) is 0 Å². The van der Waals surface area contributed by atoms with E-state index in [4.69, 9.17) is 4.74 Å². The second-order valence-electron chi connectivity index (χ2n) is 6.84. The summed E-state index contributed by atoms with van der Waals surface area (Å²) in [4.78, 5) is 12.7. The van der Waals surface area contributed by atoms with Crippen LogP contribution in [0.4, 0.5) is 11.4 Å². The zero-order chi connectivity index (χ0) is 22.4. The first-order chi connectivity index (χ1) is 15.5. The van der Waals surface area contributed by atoms with E-state index in [0.717, 1.165) is 5.56 Å². The Morgan fingerprint density at radius 3 is 2.22 bits per heavy atom. The highest BCUT2D eigenvalue weighted by Gasteiger charge is 2.25. The molecule has 0 unspecified atom stereocenters. The van der Waals surface area contributed by atoms with Crippen molar-refractivity contribution in [3.05, 3.63) is 102 Å². The van der Waals surface area contributed by atoms with Crippen LogP contribution in [0.1, 0.15) is 15.9 Å². The van der Waals surface area contributed by atoms with Crippen molar-refractivity contribution in [2.24, 2.45) is 0 Å². The summed E-state index contributed by atoms with van der Waals surface area (Å²) in [5.74, 6) is 0.0376. The quantitative estimate of drug-likeness (QED) is 0.376. The second kappa shape index (κ2) is 9.36. The number of H-pyrrole nitrogens is 1. The van der Waals surface area contributed by atoms with Crippen LogP contribution in [0.15, 0.2) is 96.2 Å². The summed E-state index contributed by atoms with van der Waals surface area (Å²) in [7, 11) is -4.03. The average Bonchev–Trinajstić information content (AvgIpc) is 3.31. The number of hydrogen-bond donors (Lipinski definition) is 3. The summed E-state index contributed by atoms with van der Waals surface area (Å²) < 4.78 is 33.5. The van der Waals surface area contributed by atoms with Crippen LogP contribution in [0.2, 0.25) is 0 Å². The monoisotopic (exact) mass is 448 g/mol. The highest BCUT2D eigenvalue weighted by atomic mass is 32.2. The molecule has 0 aliphatic heterocycles. The van der Waals surface area contributed by atoms with E-state index in [2.05, 4.69) is 20.2 Å². The molecule has 0 bridgehead atoms. The molecule has 0 spiro atoms. The predicted molar refractivity (Wildman–Crippen MR) is 121 cm³/mol.